The number of rotatable bonds is 7. The number of halogens is 7. The second kappa shape index (κ2) is 12.6. The second-order valence-corrected chi connectivity index (χ2v) is 11.0. The van der Waals surface area contributed by atoms with Crippen molar-refractivity contribution >= 4 is 67.9 Å². The van der Waals surface area contributed by atoms with Crippen LogP contribution < -0.4 is 15.0 Å². The van der Waals surface area contributed by atoms with Crippen LogP contribution in [0.15, 0.2) is 87.2 Å². The molecule has 43 heavy (non-hydrogen) atoms. The van der Waals surface area contributed by atoms with Gasteiger partial charge in [0.15, 0.2) is 17.3 Å². The summed E-state index contributed by atoms with van der Waals surface area (Å²) in [6.45, 7) is 0.103. The first-order valence-corrected chi connectivity index (χ1v) is 14.3. The molecule has 0 amide bonds. The zero-order valence-electron chi connectivity index (χ0n) is 21.9. The Bertz CT molecular complexity index is 1950. The molecule has 0 atom stereocenters. The minimum Gasteiger partial charge on any atom is -0.493 e. The van der Waals surface area contributed by atoms with E-state index in [2.05, 4.69) is 26.0 Å². The average Bonchev–Trinajstić information content (AvgIpc) is 2.99. The van der Waals surface area contributed by atoms with Gasteiger partial charge in [0.25, 0.3) is 5.56 Å². The monoisotopic (exact) mass is 709 g/mol. The zero-order chi connectivity index (χ0) is 30.9. The highest BCUT2D eigenvalue weighted by molar-refractivity contribution is 9.10. The van der Waals surface area contributed by atoms with Crippen molar-refractivity contribution in [2.24, 2.45) is 5.10 Å². The average molecular weight is 712 g/mol. The van der Waals surface area contributed by atoms with Crippen LogP contribution in [0.2, 0.25) is 15.1 Å². The fraction of sp³-hybridized carbons (Fsp3) is 0.100. The summed E-state index contributed by atoms with van der Waals surface area (Å²) in [5.74, 6) is 0.409. The molecule has 1 aromatic heterocycles. The molecule has 0 saturated carbocycles. The molecule has 0 aliphatic rings. The first-order chi connectivity index (χ1) is 20.5. The van der Waals surface area contributed by atoms with Crippen molar-refractivity contribution in [1.82, 2.24) is 9.66 Å². The minimum absolute atomic E-state index is 0.0514. The molecule has 4 aromatic carbocycles. The van der Waals surface area contributed by atoms with E-state index in [1.54, 1.807) is 48.5 Å². The lowest BCUT2D eigenvalue weighted by Gasteiger charge is -2.15. The number of alkyl halides is 3. The van der Waals surface area contributed by atoms with Gasteiger partial charge in [0.1, 0.15) is 11.6 Å². The predicted octanol–water partition coefficient (Wildman–Crippen LogP) is 9.27. The molecular weight excluding hydrogens is 694 g/mol. The molecule has 6 nitrogen and oxygen atoms in total. The molecule has 0 saturated heterocycles. The van der Waals surface area contributed by atoms with E-state index in [0.717, 1.165) is 22.4 Å². The van der Waals surface area contributed by atoms with Gasteiger partial charge in [-0.3, -0.25) is 4.79 Å². The maximum absolute atomic E-state index is 13.5. The van der Waals surface area contributed by atoms with E-state index in [1.165, 1.54) is 25.5 Å². The highest BCUT2D eigenvalue weighted by Gasteiger charge is 2.31. The molecule has 0 fully saturated rings. The smallest absolute Gasteiger partial charge is 0.416 e. The molecule has 13 heteroatoms. The summed E-state index contributed by atoms with van der Waals surface area (Å²) in [6, 6.07) is 17.6. The Kier molecular flexibility index (Phi) is 9.03. The minimum atomic E-state index is -4.59. The third kappa shape index (κ3) is 6.52. The van der Waals surface area contributed by atoms with Crippen LogP contribution in [0.3, 0.4) is 0 Å². The summed E-state index contributed by atoms with van der Waals surface area (Å²) in [6.07, 6.45) is -3.28. The van der Waals surface area contributed by atoms with Gasteiger partial charge in [0.2, 0.25) is 0 Å². The molecule has 1 heterocycles. The molecule has 0 N–H and O–H groups in total. The Hall–Kier alpha value is -3.57. The fourth-order valence-electron chi connectivity index (χ4n) is 4.14. The van der Waals surface area contributed by atoms with Gasteiger partial charge >= 0.3 is 6.18 Å². The van der Waals surface area contributed by atoms with Gasteiger partial charge in [-0.1, -0.05) is 65.1 Å². The summed E-state index contributed by atoms with van der Waals surface area (Å²) < 4.78 is 53.2. The summed E-state index contributed by atoms with van der Waals surface area (Å²) in [4.78, 5) is 18.0. The van der Waals surface area contributed by atoms with Gasteiger partial charge in [-0.25, -0.2) is 4.98 Å². The molecular formula is C30H18BrCl3F3N3O3. The lowest BCUT2D eigenvalue weighted by Crippen LogP contribution is -2.20. The molecule has 0 unspecified atom stereocenters. The second-order valence-electron chi connectivity index (χ2n) is 9.05. The Labute approximate surface area is 266 Å². The Morgan fingerprint density at radius 1 is 1.00 bits per heavy atom. The van der Waals surface area contributed by atoms with Gasteiger partial charge in [0, 0.05) is 15.6 Å². The maximum Gasteiger partial charge on any atom is 0.416 e. The number of benzene rings is 4. The molecule has 5 aromatic rings. The molecule has 0 aliphatic carbocycles. The van der Waals surface area contributed by atoms with Crippen LogP contribution in [0.4, 0.5) is 13.2 Å². The number of aromatic nitrogens is 2. The van der Waals surface area contributed by atoms with Crippen molar-refractivity contribution in [3.05, 3.63) is 119 Å². The van der Waals surface area contributed by atoms with Gasteiger partial charge in [-0.05, 0) is 64.0 Å². The summed E-state index contributed by atoms with van der Waals surface area (Å²) in [7, 11) is 1.43. The number of methoxy groups -OCH3 is 1. The SMILES string of the molecule is COc1cc(C=Nn2c(-c3cccc(C(F)(F)F)c3)nc3ccccc3c2=O)c(Br)c(Cl)c1OCc1ccc(Cl)c(Cl)c1. The van der Waals surface area contributed by atoms with Gasteiger partial charge < -0.3 is 9.47 Å². The first-order valence-electron chi connectivity index (χ1n) is 12.3. The quantitative estimate of drug-likeness (QED) is 0.158. The van der Waals surface area contributed by atoms with Crippen LogP contribution in [0.25, 0.3) is 22.3 Å². The number of hydrogen-bond acceptors (Lipinski definition) is 5. The summed E-state index contributed by atoms with van der Waals surface area (Å²) >= 11 is 22.2. The molecule has 0 bridgehead atoms. The molecule has 5 rings (SSSR count). The summed E-state index contributed by atoms with van der Waals surface area (Å²) in [5.41, 5.74) is 0.0124. The van der Waals surface area contributed by atoms with E-state index in [4.69, 9.17) is 44.3 Å². The van der Waals surface area contributed by atoms with Gasteiger partial charge in [-0.2, -0.15) is 22.9 Å². The van der Waals surface area contributed by atoms with E-state index in [9.17, 15) is 18.0 Å². The molecule has 220 valence electrons. The topological polar surface area (TPSA) is 65.7 Å². The third-order valence-electron chi connectivity index (χ3n) is 6.26. The highest BCUT2D eigenvalue weighted by atomic mass is 79.9. The largest absolute Gasteiger partial charge is 0.493 e. The standard InChI is InChI=1S/C30H18BrCl3F3N3O3/c1-42-24-13-18(25(31)26(34)27(24)43-15-16-9-10-21(32)22(33)11-16)14-38-40-28(17-5-4-6-19(12-17)30(35,36)37)39-23-8-3-2-7-20(23)29(40)41/h2-14H,15H2,1H3. The Morgan fingerprint density at radius 3 is 2.49 bits per heavy atom. The number of para-hydroxylation sites is 1. The number of nitrogens with zero attached hydrogens (tertiary/aromatic N) is 3. The van der Waals surface area contributed by atoms with Crippen LogP contribution in [-0.4, -0.2) is 23.0 Å². The fourth-order valence-corrected chi connectivity index (χ4v) is 5.12. The van der Waals surface area contributed by atoms with Gasteiger partial charge in [0.05, 0.1) is 39.8 Å². The van der Waals surface area contributed by atoms with Crippen molar-refractivity contribution < 1.29 is 22.6 Å². The van der Waals surface area contributed by atoms with Crippen molar-refractivity contribution in [3.8, 4) is 22.9 Å². The molecule has 0 spiro atoms. The van der Waals surface area contributed by atoms with Crippen molar-refractivity contribution in [3.63, 3.8) is 0 Å². The van der Waals surface area contributed by atoms with E-state index >= 15 is 0 Å². The number of ether oxygens (including phenoxy) is 2. The first kappa shape index (κ1) is 30.9. The zero-order valence-corrected chi connectivity index (χ0v) is 25.8. The third-order valence-corrected chi connectivity index (χ3v) is 8.44. The van der Waals surface area contributed by atoms with E-state index in [-0.39, 0.29) is 39.9 Å². The van der Waals surface area contributed by atoms with Crippen molar-refractivity contribution in [2.45, 2.75) is 12.8 Å². The number of hydrogen-bond donors (Lipinski definition) is 0. The normalized spacial score (nSPS) is 11.8. The predicted molar refractivity (Wildman–Crippen MR) is 166 cm³/mol. The number of fused-ring (bicyclic) bond motifs is 1. The van der Waals surface area contributed by atoms with E-state index in [1.807, 2.05) is 0 Å². The Balaban J connectivity index is 1.57. The van der Waals surface area contributed by atoms with Crippen molar-refractivity contribution in [2.75, 3.05) is 7.11 Å². The Morgan fingerprint density at radius 2 is 1.77 bits per heavy atom. The van der Waals surface area contributed by atoms with Gasteiger partial charge in [-0.15, -0.1) is 0 Å². The molecule has 0 radical (unpaired) electrons. The van der Waals surface area contributed by atoms with E-state index < -0.39 is 17.3 Å². The molecule has 0 aliphatic heterocycles. The van der Waals surface area contributed by atoms with Crippen LogP contribution >= 0.6 is 50.7 Å². The lowest BCUT2D eigenvalue weighted by molar-refractivity contribution is -0.137. The van der Waals surface area contributed by atoms with Crippen LogP contribution in [0.1, 0.15) is 16.7 Å². The maximum atomic E-state index is 13.5. The van der Waals surface area contributed by atoms with Crippen LogP contribution in [-0.2, 0) is 12.8 Å². The summed E-state index contributed by atoms with van der Waals surface area (Å²) in [5, 5.41) is 5.50. The van der Waals surface area contributed by atoms with Crippen LogP contribution in [0, 0.1) is 0 Å². The van der Waals surface area contributed by atoms with Crippen molar-refractivity contribution in [1.29, 1.82) is 0 Å². The van der Waals surface area contributed by atoms with Crippen LogP contribution in [0.5, 0.6) is 11.5 Å². The highest BCUT2D eigenvalue weighted by Crippen LogP contribution is 2.42. The van der Waals surface area contributed by atoms with E-state index in [0.29, 0.717) is 25.6 Å². The lowest BCUT2D eigenvalue weighted by atomic mass is 10.1.